The van der Waals surface area contributed by atoms with Crippen molar-refractivity contribution < 1.29 is 9.05 Å². The zero-order valence-corrected chi connectivity index (χ0v) is 17.7. The van der Waals surface area contributed by atoms with Crippen LogP contribution in [0.5, 0.6) is 11.5 Å². The van der Waals surface area contributed by atoms with E-state index in [0.717, 1.165) is 37.4 Å². The highest BCUT2D eigenvalue weighted by Gasteiger charge is 2.51. The van der Waals surface area contributed by atoms with E-state index < -0.39 is 8.53 Å². The highest BCUT2D eigenvalue weighted by molar-refractivity contribution is 7.45. The average molecular weight is 381 g/mol. The quantitative estimate of drug-likeness (QED) is 0.625. The predicted octanol–water partition coefficient (Wildman–Crippen LogP) is 5.82. The van der Waals surface area contributed by atoms with Crippen molar-refractivity contribution in [2.24, 2.45) is 0 Å². The molecular formula is C23H28NO2P. The van der Waals surface area contributed by atoms with Gasteiger partial charge in [0.05, 0.1) is 0 Å². The molecule has 0 aromatic heterocycles. The van der Waals surface area contributed by atoms with Gasteiger partial charge in [-0.25, -0.2) is 4.67 Å². The van der Waals surface area contributed by atoms with Gasteiger partial charge in [0.25, 0.3) is 0 Å². The second kappa shape index (κ2) is 6.22. The lowest BCUT2D eigenvalue weighted by molar-refractivity contribution is 0.352. The molecule has 5 rings (SSSR count). The third-order valence-electron chi connectivity index (χ3n) is 6.78. The van der Waals surface area contributed by atoms with Gasteiger partial charge in [0.15, 0.2) is 0 Å². The lowest BCUT2D eigenvalue weighted by atomic mass is 9.75. The fourth-order valence-corrected chi connectivity index (χ4v) is 6.86. The van der Waals surface area contributed by atoms with Crippen LogP contribution >= 0.6 is 8.53 Å². The monoisotopic (exact) mass is 381 g/mol. The van der Waals surface area contributed by atoms with Gasteiger partial charge in [0, 0.05) is 29.6 Å². The van der Waals surface area contributed by atoms with Gasteiger partial charge in [-0.2, -0.15) is 0 Å². The summed E-state index contributed by atoms with van der Waals surface area (Å²) in [6, 6.07) is 9.14. The summed E-state index contributed by atoms with van der Waals surface area (Å²) in [5.41, 5.74) is 8.45. The van der Waals surface area contributed by atoms with Gasteiger partial charge in [-0.05, 0) is 61.8 Å². The van der Waals surface area contributed by atoms with Crippen molar-refractivity contribution >= 4 is 8.53 Å². The summed E-state index contributed by atoms with van der Waals surface area (Å²) in [7, 11) is -1.16. The van der Waals surface area contributed by atoms with Crippen LogP contribution in [0.2, 0.25) is 0 Å². The molecule has 2 aromatic carbocycles. The number of hydrogen-bond donors (Lipinski definition) is 0. The van der Waals surface area contributed by atoms with Crippen LogP contribution in [0.25, 0.3) is 0 Å². The molecule has 1 spiro atoms. The lowest BCUT2D eigenvalue weighted by Crippen LogP contribution is -2.28. The Hall–Kier alpha value is -1.57. The van der Waals surface area contributed by atoms with Crippen LogP contribution in [0.15, 0.2) is 24.3 Å². The molecule has 4 heteroatoms. The van der Waals surface area contributed by atoms with Gasteiger partial charge in [0.2, 0.25) is 0 Å². The van der Waals surface area contributed by atoms with Crippen LogP contribution in [-0.2, 0) is 18.3 Å². The minimum absolute atomic E-state index is 0.0814. The van der Waals surface area contributed by atoms with E-state index in [4.69, 9.17) is 9.05 Å². The van der Waals surface area contributed by atoms with Crippen molar-refractivity contribution in [1.82, 2.24) is 4.67 Å². The van der Waals surface area contributed by atoms with E-state index in [1.807, 2.05) is 0 Å². The van der Waals surface area contributed by atoms with E-state index >= 15 is 0 Å². The van der Waals surface area contributed by atoms with Gasteiger partial charge in [-0.1, -0.05) is 38.1 Å². The van der Waals surface area contributed by atoms with Crippen molar-refractivity contribution in [3.8, 4) is 11.5 Å². The maximum Gasteiger partial charge on any atom is 0.384 e. The lowest BCUT2D eigenvalue weighted by Gasteiger charge is -2.37. The molecule has 3 aliphatic rings. The first-order valence-electron chi connectivity index (χ1n) is 10.3. The van der Waals surface area contributed by atoms with Gasteiger partial charge < -0.3 is 9.05 Å². The van der Waals surface area contributed by atoms with E-state index in [2.05, 4.69) is 56.6 Å². The molecule has 1 heterocycles. The standard InChI is InChI=1S/C23H28NO2P/c1-5-24(6-2)27-25-21-15(3)7-9-17-11-13-23(19(17)21)14-12-18-10-8-16(4)22(26-27)20(18)23/h7-10H,5-6,11-14H2,1-4H3. The van der Waals surface area contributed by atoms with E-state index in [1.54, 1.807) is 0 Å². The summed E-state index contributed by atoms with van der Waals surface area (Å²) < 4.78 is 15.8. The summed E-state index contributed by atoms with van der Waals surface area (Å²) in [4.78, 5) is 0. The molecule has 142 valence electrons. The Kier molecular flexibility index (Phi) is 4.04. The van der Waals surface area contributed by atoms with Crippen LogP contribution in [0.4, 0.5) is 0 Å². The summed E-state index contributed by atoms with van der Waals surface area (Å²) in [6.07, 6.45) is 4.64. The maximum absolute atomic E-state index is 6.73. The smallest absolute Gasteiger partial charge is 0.384 e. The van der Waals surface area contributed by atoms with Crippen LogP contribution in [-0.4, -0.2) is 17.8 Å². The third-order valence-corrected chi connectivity index (χ3v) is 8.49. The van der Waals surface area contributed by atoms with E-state index in [-0.39, 0.29) is 5.41 Å². The van der Waals surface area contributed by atoms with Crippen molar-refractivity contribution in [2.45, 2.75) is 58.8 Å². The highest BCUT2D eigenvalue weighted by atomic mass is 31.2. The highest BCUT2D eigenvalue weighted by Crippen LogP contribution is 2.63. The molecule has 0 unspecified atom stereocenters. The van der Waals surface area contributed by atoms with Crippen molar-refractivity contribution in [3.63, 3.8) is 0 Å². The molecule has 1 aliphatic heterocycles. The molecule has 0 bridgehead atoms. The van der Waals surface area contributed by atoms with E-state index in [1.165, 1.54) is 46.2 Å². The Bertz CT molecular complexity index is 850. The fourth-order valence-electron chi connectivity index (χ4n) is 5.35. The molecule has 0 saturated heterocycles. The molecule has 27 heavy (non-hydrogen) atoms. The predicted molar refractivity (Wildman–Crippen MR) is 111 cm³/mol. The number of rotatable bonds is 3. The third kappa shape index (κ3) is 2.34. The Morgan fingerprint density at radius 3 is 1.78 bits per heavy atom. The maximum atomic E-state index is 6.73. The molecule has 0 radical (unpaired) electrons. The van der Waals surface area contributed by atoms with Gasteiger partial charge >= 0.3 is 8.53 Å². The van der Waals surface area contributed by atoms with Crippen LogP contribution in [0, 0.1) is 13.8 Å². The zero-order valence-electron chi connectivity index (χ0n) is 16.8. The minimum atomic E-state index is -1.16. The van der Waals surface area contributed by atoms with Gasteiger partial charge in [-0.3, -0.25) is 0 Å². The van der Waals surface area contributed by atoms with Crippen LogP contribution in [0.3, 0.4) is 0 Å². The average Bonchev–Trinajstić information content (AvgIpc) is 3.21. The normalized spacial score (nSPS) is 19.1. The van der Waals surface area contributed by atoms with Gasteiger partial charge in [-0.15, -0.1) is 0 Å². The molecule has 0 N–H and O–H groups in total. The molecular weight excluding hydrogens is 353 g/mol. The van der Waals surface area contributed by atoms with Crippen molar-refractivity contribution in [3.05, 3.63) is 57.6 Å². The Balaban J connectivity index is 1.81. The minimum Gasteiger partial charge on any atom is -0.426 e. The Morgan fingerprint density at radius 2 is 1.33 bits per heavy atom. The van der Waals surface area contributed by atoms with Crippen LogP contribution in [0.1, 0.15) is 60.1 Å². The molecule has 0 amide bonds. The molecule has 0 fully saturated rings. The van der Waals surface area contributed by atoms with E-state index in [0.29, 0.717) is 0 Å². The SMILES string of the molecule is CCN(CC)P1Oc2c(C)ccc3c2C2(CC3)CCc3ccc(C)c(c32)O1. The Morgan fingerprint density at radius 1 is 0.852 bits per heavy atom. The zero-order chi connectivity index (χ0) is 18.8. The summed E-state index contributed by atoms with van der Waals surface area (Å²) in [5, 5.41) is 0. The van der Waals surface area contributed by atoms with Crippen LogP contribution < -0.4 is 9.05 Å². The van der Waals surface area contributed by atoms with E-state index in [9.17, 15) is 0 Å². The first-order chi connectivity index (χ1) is 13.1. The topological polar surface area (TPSA) is 21.7 Å². The summed E-state index contributed by atoms with van der Waals surface area (Å²) in [5.74, 6) is 2.20. The number of benzene rings is 2. The fraction of sp³-hybridized carbons (Fsp3) is 0.478. The summed E-state index contributed by atoms with van der Waals surface area (Å²) >= 11 is 0. The molecule has 2 aromatic rings. The van der Waals surface area contributed by atoms with Crippen molar-refractivity contribution in [1.29, 1.82) is 0 Å². The first-order valence-corrected chi connectivity index (χ1v) is 11.4. The molecule has 2 aliphatic carbocycles. The molecule has 3 nitrogen and oxygen atoms in total. The number of aryl methyl sites for hydroxylation is 4. The second-order valence-electron chi connectivity index (χ2n) is 8.13. The number of hydrogen-bond acceptors (Lipinski definition) is 3. The largest absolute Gasteiger partial charge is 0.426 e. The number of nitrogens with zero attached hydrogens (tertiary/aromatic N) is 1. The first kappa shape index (κ1) is 17.5. The second-order valence-corrected chi connectivity index (χ2v) is 9.54. The molecule has 0 atom stereocenters. The van der Waals surface area contributed by atoms with Crippen molar-refractivity contribution in [2.75, 3.05) is 13.1 Å². The molecule has 0 saturated carbocycles. The Labute approximate surface area is 163 Å². The van der Waals surface area contributed by atoms with Gasteiger partial charge in [0.1, 0.15) is 11.5 Å². The summed E-state index contributed by atoms with van der Waals surface area (Å²) in [6.45, 7) is 10.6.